The van der Waals surface area contributed by atoms with Crippen LogP contribution in [0.25, 0.3) is 5.52 Å². The minimum Gasteiger partial charge on any atom is -0.303 e. The molecule has 1 nitrogen and oxygen atoms in total. The van der Waals surface area contributed by atoms with Gasteiger partial charge in [0.2, 0.25) is 0 Å². The van der Waals surface area contributed by atoms with Crippen molar-refractivity contribution in [2.45, 2.75) is 32.9 Å². The maximum Gasteiger partial charge on any atom is 0.418 e. The van der Waals surface area contributed by atoms with Gasteiger partial charge in [-0.1, -0.05) is 31.5 Å². The number of rotatable bonds is 1. The highest BCUT2D eigenvalue weighted by Gasteiger charge is 2.36. The van der Waals surface area contributed by atoms with E-state index in [0.29, 0.717) is 10.7 Å². The van der Waals surface area contributed by atoms with Crippen LogP contribution in [0.5, 0.6) is 0 Å². The number of pyridine rings is 1. The van der Waals surface area contributed by atoms with Crippen LogP contribution in [0.3, 0.4) is 0 Å². The predicted molar refractivity (Wildman–Crippen MR) is 66.2 cm³/mol. The monoisotopic (exact) mass is 275 g/mol. The molecule has 0 N–H and O–H groups in total. The molecule has 0 radical (unpaired) electrons. The number of aryl methyl sites for hydroxylation is 1. The van der Waals surface area contributed by atoms with Crippen LogP contribution in [0.1, 0.15) is 36.6 Å². The summed E-state index contributed by atoms with van der Waals surface area (Å²) in [4.78, 5) is 0. The van der Waals surface area contributed by atoms with Crippen molar-refractivity contribution in [2.75, 3.05) is 0 Å². The first-order valence-electron chi connectivity index (χ1n) is 5.61. The van der Waals surface area contributed by atoms with Gasteiger partial charge in [0.1, 0.15) is 5.15 Å². The number of hydrogen-bond acceptors (Lipinski definition) is 0. The Labute approximate surface area is 108 Å². The van der Waals surface area contributed by atoms with Gasteiger partial charge in [0.05, 0.1) is 5.56 Å². The van der Waals surface area contributed by atoms with Crippen LogP contribution in [0.4, 0.5) is 13.2 Å². The summed E-state index contributed by atoms with van der Waals surface area (Å²) < 4.78 is 40.6. The van der Waals surface area contributed by atoms with Crippen molar-refractivity contribution >= 4 is 17.1 Å². The van der Waals surface area contributed by atoms with Crippen molar-refractivity contribution in [3.8, 4) is 0 Å². The molecule has 0 spiro atoms. The summed E-state index contributed by atoms with van der Waals surface area (Å²) in [6.45, 7) is 5.24. The molecule has 0 saturated heterocycles. The second-order valence-corrected chi connectivity index (χ2v) is 5.02. The van der Waals surface area contributed by atoms with Gasteiger partial charge in [-0.25, -0.2) is 0 Å². The van der Waals surface area contributed by atoms with E-state index in [2.05, 4.69) is 0 Å². The van der Waals surface area contributed by atoms with E-state index in [4.69, 9.17) is 11.6 Å². The number of fused-ring (bicyclic) bond motifs is 1. The number of aromatic nitrogens is 1. The van der Waals surface area contributed by atoms with E-state index < -0.39 is 11.7 Å². The van der Waals surface area contributed by atoms with Gasteiger partial charge in [-0.05, 0) is 30.5 Å². The molecule has 2 aromatic rings. The fourth-order valence-electron chi connectivity index (χ4n) is 2.14. The molecule has 0 amide bonds. The number of halogens is 4. The first kappa shape index (κ1) is 13.3. The van der Waals surface area contributed by atoms with Crippen molar-refractivity contribution in [2.24, 2.45) is 0 Å². The van der Waals surface area contributed by atoms with Crippen molar-refractivity contribution < 1.29 is 13.2 Å². The zero-order chi connectivity index (χ0) is 13.7. The fourth-order valence-corrected chi connectivity index (χ4v) is 2.39. The van der Waals surface area contributed by atoms with Crippen LogP contribution >= 0.6 is 11.6 Å². The third-order valence-electron chi connectivity index (χ3n) is 2.95. The molecule has 0 aromatic carbocycles. The standard InChI is InChI=1S/C13H13ClF3N/c1-7(2)11-10(13(15,16)17)6-9-5-4-8(3)12(14)18(9)11/h4-7H,1-3H3. The average molecular weight is 276 g/mol. The summed E-state index contributed by atoms with van der Waals surface area (Å²) in [5.74, 6) is -0.261. The van der Waals surface area contributed by atoms with Crippen molar-refractivity contribution in [1.82, 2.24) is 4.40 Å². The van der Waals surface area contributed by atoms with E-state index in [1.54, 1.807) is 32.9 Å². The Morgan fingerprint density at radius 3 is 2.33 bits per heavy atom. The minimum atomic E-state index is -4.36. The first-order chi connectivity index (χ1) is 8.23. The molecule has 18 heavy (non-hydrogen) atoms. The molecule has 0 unspecified atom stereocenters. The van der Waals surface area contributed by atoms with Gasteiger partial charge in [0.25, 0.3) is 0 Å². The maximum absolute atomic E-state index is 13.0. The minimum absolute atomic E-state index is 0.214. The Bertz CT molecular complexity index is 596. The van der Waals surface area contributed by atoms with E-state index in [0.717, 1.165) is 11.6 Å². The number of alkyl halides is 3. The Kier molecular flexibility index (Phi) is 3.09. The topological polar surface area (TPSA) is 4.41 Å². The lowest BCUT2D eigenvalue weighted by molar-refractivity contribution is -0.138. The molecule has 0 aliphatic rings. The summed E-state index contributed by atoms with van der Waals surface area (Å²) in [5, 5.41) is 0.340. The SMILES string of the molecule is Cc1ccc2cc(C(F)(F)F)c(C(C)C)n2c1Cl. The molecule has 0 aliphatic carbocycles. The van der Waals surface area contributed by atoms with Crippen LogP contribution in [0.2, 0.25) is 5.15 Å². The van der Waals surface area contributed by atoms with Crippen LogP contribution in [0, 0.1) is 6.92 Å². The zero-order valence-electron chi connectivity index (χ0n) is 10.3. The smallest absolute Gasteiger partial charge is 0.303 e. The van der Waals surface area contributed by atoms with Crippen molar-refractivity contribution in [1.29, 1.82) is 0 Å². The third kappa shape index (κ3) is 1.99. The lowest BCUT2D eigenvalue weighted by Crippen LogP contribution is -2.10. The molecule has 2 heterocycles. The van der Waals surface area contributed by atoms with Gasteiger partial charge in [-0.3, -0.25) is 0 Å². The molecule has 0 saturated carbocycles. The van der Waals surface area contributed by atoms with Gasteiger partial charge in [0.15, 0.2) is 0 Å². The Morgan fingerprint density at radius 2 is 1.83 bits per heavy atom. The van der Waals surface area contributed by atoms with Gasteiger partial charge < -0.3 is 4.40 Å². The van der Waals surface area contributed by atoms with E-state index >= 15 is 0 Å². The molecule has 0 atom stereocenters. The molecular formula is C13H13ClF3N. The quantitative estimate of drug-likeness (QED) is 0.642. The summed E-state index contributed by atoms with van der Waals surface area (Å²) in [7, 11) is 0. The Morgan fingerprint density at radius 1 is 1.22 bits per heavy atom. The molecule has 0 bridgehead atoms. The zero-order valence-corrected chi connectivity index (χ0v) is 11.0. The number of nitrogens with zero attached hydrogens (tertiary/aromatic N) is 1. The fraction of sp³-hybridized carbons (Fsp3) is 0.385. The number of hydrogen-bond donors (Lipinski definition) is 0. The van der Waals surface area contributed by atoms with Gasteiger partial charge in [0, 0.05) is 11.2 Å². The van der Waals surface area contributed by atoms with Gasteiger partial charge >= 0.3 is 6.18 Å². The van der Waals surface area contributed by atoms with Gasteiger partial charge in [-0.2, -0.15) is 13.2 Å². The van der Waals surface area contributed by atoms with Gasteiger partial charge in [-0.15, -0.1) is 0 Å². The molecule has 0 fully saturated rings. The molecule has 98 valence electrons. The van der Waals surface area contributed by atoms with Crippen molar-refractivity contribution in [3.63, 3.8) is 0 Å². The normalized spacial score (nSPS) is 12.7. The Balaban J connectivity index is 2.91. The van der Waals surface area contributed by atoms with E-state index in [9.17, 15) is 13.2 Å². The van der Waals surface area contributed by atoms with E-state index in [1.807, 2.05) is 0 Å². The highest BCUT2D eigenvalue weighted by Crippen LogP contribution is 2.39. The van der Waals surface area contributed by atoms with Crippen LogP contribution < -0.4 is 0 Å². The Hall–Kier alpha value is -1.16. The highest BCUT2D eigenvalue weighted by atomic mass is 35.5. The maximum atomic E-state index is 13.0. The molecule has 2 aromatic heterocycles. The second kappa shape index (κ2) is 4.19. The molecule has 5 heteroatoms. The summed E-state index contributed by atoms with van der Waals surface area (Å²) in [6.07, 6.45) is -4.36. The van der Waals surface area contributed by atoms with Crippen LogP contribution in [-0.2, 0) is 6.18 Å². The largest absolute Gasteiger partial charge is 0.418 e. The van der Waals surface area contributed by atoms with Crippen LogP contribution in [-0.4, -0.2) is 4.40 Å². The lowest BCUT2D eigenvalue weighted by Gasteiger charge is -2.14. The summed E-state index contributed by atoms with van der Waals surface area (Å²) in [6, 6.07) is 4.53. The average Bonchev–Trinajstić information content (AvgIpc) is 2.63. The molecule has 0 aliphatic heterocycles. The molecular weight excluding hydrogens is 263 g/mol. The van der Waals surface area contributed by atoms with Crippen molar-refractivity contribution in [3.05, 3.63) is 40.2 Å². The predicted octanol–water partition coefficient (Wildman–Crippen LogP) is 5.04. The molecule has 2 rings (SSSR count). The second-order valence-electron chi connectivity index (χ2n) is 4.66. The van der Waals surface area contributed by atoms with E-state index in [1.165, 1.54) is 4.40 Å². The lowest BCUT2D eigenvalue weighted by atomic mass is 10.1. The summed E-state index contributed by atoms with van der Waals surface area (Å²) in [5.41, 5.74) is 0.841. The van der Waals surface area contributed by atoms with E-state index in [-0.39, 0.29) is 11.6 Å². The first-order valence-corrected chi connectivity index (χ1v) is 5.99. The summed E-state index contributed by atoms with van der Waals surface area (Å²) >= 11 is 6.13. The third-order valence-corrected chi connectivity index (χ3v) is 3.41. The van der Waals surface area contributed by atoms with Crippen LogP contribution in [0.15, 0.2) is 18.2 Å². The highest BCUT2D eigenvalue weighted by molar-refractivity contribution is 6.30.